The Morgan fingerprint density at radius 3 is 3.04 bits per heavy atom. The van der Waals surface area contributed by atoms with E-state index in [-0.39, 0.29) is 23.9 Å². The van der Waals surface area contributed by atoms with E-state index in [9.17, 15) is 9.18 Å². The number of amides is 1. The van der Waals surface area contributed by atoms with E-state index in [2.05, 4.69) is 10.1 Å². The SMILES string of the molecule is O=C(c1cc(C2CC2)on1)N1C[C@H](Oc2ncccc2F)[C@H]2OCCC[C@H]21. The Hall–Kier alpha value is -2.48. The Bertz CT molecular complexity index is 853. The lowest BCUT2D eigenvalue weighted by Gasteiger charge is -2.31. The van der Waals surface area contributed by atoms with Crippen molar-refractivity contribution in [3.8, 4) is 5.88 Å². The van der Waals surface area contributed by atoms with Crippen molar-refractivity contribution in [2.45, 2.75) is 49.9 Å². The van der Waals surface area contributed by atoms with Crippen molar-refractivity contribution in [3.05, 3.63) is 41.7 Å². The smallest absolute Gasteiger partial charge is 0.276 e. The Labute approximate surface area is 155 Å². The van der Waals surface area contributed by atoms with Crippen molar-refractivity contribution in [1.82, 2.24) is 15.0 Å². The second-order valence-electron chi connectivity index (χ2n) is 7.34. The zero-order valence-corrected chi connectivity index (χ0v) is 14.7. The molecule has 0 spiro atoms. The van der Waals surface area contributed by atoms with Crippen molar-refractivity contribution < 1.29 is 23.2 Å². The van der Waals surface area contributed by atoms with E-state index in [1.165, 1.54) is 18.3 Å². The van der Waals surface area contributed by atoms with Gasteiger partial charge in [0.15, 0.2) is 11.5 Å². The Balaban J connectivity index is 1.37. The number of aromatic nitrogens is 2. The second-order valence-corrected chi connectivity index (χ2v) is 7.34. The number of halogens is 1. The number of ether oxygens (including phenoxy) is 2. The minimum Gasteiger partial charge on any atom is -0.468 e. The van der Waals surface area contributed by atoms with Gasteiger partial charge in [0.1, 0.15) is 18.0 Å². The van der Waals surface area contributed by atoms with Gasteiger partial charge in [0.05, 0.1) is 12.6 Å². The van der Waals surface area contributed by atoms with E-state index >= 15 is 0 Å². The number of fused-ring (bicyclic) bond motifs is 1. The van der Waals surface area contributed by atoms with Crippen LogP contribution in [0.5, 0.6) is 5.88 Å². The first-order valence-corrected chi connectivity index (χ1v) is 9.37. The van der Waals surface area contributed by atoms with Gasteiger partial charge in [-0.1, -0.05) is 5.16 Å². The summed E-state index contributed by atoms with van der Waals surface area (Å²) < 4.78 is 30.9. The van der Waals surface area contributed by atoms with Crippen molar-refractivity contribution in [2.75, 3.05) is 13.2 Å². The highest BCUT2D eigenvalue weighted by atomic mass is 19.1. The molecule has 1 aliphatic carbocycles. The molecule has 2 aliphatic heterocycles. The summed E-state index contributed by atoms with van der Waals surface area (Å²) in [7, 11) is 0. The quantitative estimate of drug-likeness (QED) is 0.820. The zero-order chi connectivity index (χ0) is 18.4. The lowest BCUT2D eigenvalue weighted by Crippen LogP contribution is -2.44. The summed E-state index contributed by atoms with van der Waals surface area (Å²) in [6.45, 7) is 0.902. The molecule has 3 aliphatic rings. The number of hydrogen-bond donors (Lipinski definition) is 0. The van der Waals surface area contributed by atoms with Crippen LogP contribution in [0.25, 0.3) is 0 Å². The predicted octanol–water partition coefficient (Wildman–Crippen LogP) is 2.54. The Morgan fingerprint density at radius 1 is 1.33 bits per heavy atom. The summed E-state index contributed by atoms with van der Waals surface area (Å²) in [5.41, 5.74) is 0.311. The van der Waals surface area contributed by atoms with Gasteiger partial charge in [-0.25, -0.2) is 9.37 Å². The van der Waals surface area contributed by atoms with Crippen LogP contribution in [0, 0.1) is 5.82 Å². The molecule has 0 radical (unpaired) electrons. The fourth-order valence-electron chi connectivity index (χ4n) is 3.95. The summed E-state index contributed by atoms with van der Waals surface area (Å²) in [5.74, 6) is 0.380. The molecule has 3 fully saturated rings. The Morgan fingerprint density at radius 2 is 2.22 bits per heavy atom. The van der Waals surface area contributed by atoms with Crippen LogP contribution < -0.4 is 4.74 Å². The fraction of sp³-hybridized carbons (Fsp3) is 0.526. The van der Waals surface area contributed by atoms with Gasteiger partial charge in [0.25, 0.3) is 11.8 Å². The van der Waals surface area contributed by atoms with Gasteiger partial charge in [-0.3, -0.25) is 4.79 Å². The van der Waals surface area contributed by atoms with Gasteiger partial charge in [-0.05, 0) is 37.8 Å². The van der Waals surface area contributed by atoms with Crippen LogP contribution in [0.2, 0.25) is 0 Å². The third-order valence-electron chi connectivity index (χ3n) is 5.45. The summed E-state index contributed by atoms with van der Waals surface area (Å²) in [4.78, 5) is 18.7. The summed E-state index contributed by atoms with van der Waals surface area (Å²) in [6.07, 6.45) is 4.53. The van der Waals surface area contributed by atoms with E-state index in [4.69, 9.17) is 14.0 Å². The minimum atomic E-state index is -0.528. The van der Waals surface area contributed by atoms with Crippen molar-refractivity contribution in [3.63, 3.8) is 0 Å². The predicted molar refractivity (Wildman–Crippen MR) is 90.9 cm³/mol. The standard InChI is InChI=1S/C19H20FN3O4/c20-12-3-1-7-21-18(12)26-16-10-23(14-4-2-8-25-17(14)16)19(24)13-9-15(27-22-13)11-5-6-11/h1,3,7,9,11,14,16-17H,2,4-6,8,10H2/t14-,16+,17+/m1/s1. The summed E-state index contributed by atoms with van der Waals surface area (Å²) in [6, 6.07) is 4.43. The normalized spacial score (nSPS) is 27.4. The number of carbonyl (C=O) groups excluding carboxylic acids is 1. The molecule has 0 unspecified atom stereocenters. The summed E-state index contributed by atoms with van der Waals surface area (Å²) >= 11 is 0. The molecule has 1 saturated carbocycles. The summed E-state index contributed by atoms with van der Waals surface area (Å²) in [5, 5.41) is 3.96. The molecular formula is C19H20FN3O4. The molecule has 2 aromatic heterocycles. The fourth-order valence-corrected chi connectivity index (χ4v) is 3.95. The minimum absolute atomic E-state index is 0.0674. The maximum atomic E-state index is 13.9. The van der Waals surface area contributed by atoms with Crippen molar-refractivity contribution in [2.24, 2.45) is 0 Å². The van der Waals surface area contributed by atoms with Gasteiger partial charge in [-0.15, -0.1) is 0 Å². The first-order valence-electron chi connectivity index (χ1n) is 9.37. The average molecular weight is 373 g/mol. The number of rotatable bonds is 4. The maximum Gasteiger partial charge on any atom is 0.276 e. The van der Waals surface area contributed by atoms with E-state index < -0.39 is 11.9 Å². The van der Waals surface area contributed by atoms with E-state index in [1.54, 1.807) is 11.0 Å². The van der Waals surface area contributed by atoms with Gasteiger partial charge in [-0.2, -0.15) is 0 Å². The molecule has 8 heteroatoms. The van der Waals surface area contributed by atoms with Crippen LogP contribution in [0.15, 0.2) is 28.9 Å². The molecule has 4 heterocycles. The first-order chi connectivity index (χ1) is 13.2. The first kappa shape index (κ1) is 16.7. The molecule has 0 N–H and O–H groups in total. The molecule has 5 rings (SSSR count). The highest BCUT2D eigenvalue weighted by molar-refractivity contribution is 5.92. The lowest BCUT2D eigenvalue weighted by molar-refractivity contribution is -0.0463. The van der Waals surface area contributed by atoms with E-state index in [0.29, 0.717) is 24.8 Å². The number of hydrogen-bond acceptors (Lipinski definition) is 6. The number of carbonyl (C=O) groups is 1. The van der Waals surface area contributed by atoms with Crippen molar-refractivity contribution in [1.29, 1.82) is 0 Å². The molecule has 0 bridgehead atoms. The number of nitrogens with zero attached hydrogens (tertiary/aromatic N) is 3. The molecule has 1 amide bonds. The second kappa shape index (κ2) is 6.60. The van der Waals surface area contributed by atoms with Gasteiger partial charge in [0, 0.05) is 24.8 Å². The van der Waals surface area contributed by atoms with Crippen LogP contribution >= 0.6 is 0 Å². The molecule has 2 saturated heterocycles. The van der Waals surface area contributed by atoms with Crippen LogP contribution in [-0.2, 0) is 4.74 Å². The molecular weight excluding hydrogens is 353 g/mol. The monoisotopic (exact) mass is 373 g/mol. The maximum absolute atomic E-state index is 13.9. The Kier molecular flexibility index (Phi) is 4.07. The van der Waals surface area contributed by atoms with Crippen molar-refractivity contribution >= 4 is 5.91 Å². The van der Waals surface area contributed by atoms with Crippen LogP contribution in [0.1, 0.15) is 47.8 Å². The molecule has 3 atom stereocenters. The van der Waals surface area contributed by atoms with Gasteiger partial charge >= 0.3 is 0 Å². The van der Waals surface area contributed by atoms with Crippen LogP contribution in [-0.4, -0.2) is 52.3 Å². The van der Waals surface area contributed by atoms with Crippen LogP contribution in [0.3, 0.4) is 0 Å². The van der Waals surface area contributed by atoms with Gasteiger partial charge in [0.2, 0.25) is 0 Å². The molecule has 0 aromatic carbocycles. The molecule has 142 valence electrons. The van der Waals surface area contributed by atoms with Crippen LogP contribution in [0.4, 0.5) is 4.39 Å². The third kappa shape index (κ3) is 3.07. The zero-order valence-electron chi connectivity index (χ0n) is 14.7. The lowest BCUT2D eigenvalue weighted by atomic mass is 10.0. The van der Waals surface area contributed by atoms with E-state index in [0.717, 1.165) is 31.4 Å². The highest BCUT2D eigenvalue weighted by Gasteiger charge is 2.48. The number of pyridine rings is 1. The molecule has 7 nitrogen and oxygen atoms in total. The molecule has 27 heavy (non-hydrogen) atoms. The third-order valence-corrected chi connectivity index (χ3v) is 5.45. The topological polar surface area (TPSA) is 77.7 Å². The molecule has 2 aromatic rings. The average Bonchev–Trinajstić information content (AvgIpc) is 3.31. The number of likely N-dealkylation sites (tertiary alicyclic amines) is 1. The van der Waals surface area contributed by atoms with Gasteiger partial charge < -0.3 is 18.9 Å². The largest absolute Gasteiger partial charge is 0.468 e. The highest BCUT2D eigenvalue weighted by Crippen LogP contribution is 2.40. The van der Waals surface area contributed by atoms with E-state index in [1.807, 2.05) is 0 Å².